The van der Waals surface area contributed by atoms with Crippen LogP contribution in [0.15, 0.2) is 36.7 Å². The Hall–Kier alpha value is -2.74. The molecule has 2 heterocycles. The van der Waals surface area contributed by atoms with Crippen LogP contribution in [0, 0.1) is 11.3 Å². The SMILES string of the molecule is CC(C)c1cc(-c2ccc(C(C)(C)C#N)cc2)c2nncn2n1. The minimum absolute atomic E-state index is 0.317. The number of nitriles is 1. The Kier molecular flexibility index (Phi) is 3.61. The number of hydrogen-bond acceptors (Lipinski definition) is 4. The zero-order valence-corrected chi connectivity index (χ0v) is 13.8. The molecule has 0 atom stereocenters. The molecule has 0 aliphatic rings. The first kappa shape index (κ1) is 15.2. The number of nitrogens with zero attached hydrogens (tertiary/aromatic N) is 5. The third-order valence-corrected chi connectivity index (χ3v) is 4.08. The molecule has 0 N–H and O–H groups in total. The van der Waals surface area contributed by atoms with Gasteiger partial charge in [-0.2, -0.15) is 14.9 Å². The van der Waals surface area contributed by atoms with Gasteiger partial charge in [0.15, 0.2) is 5.65 Å². The molecule has 0 saturated heterocycles. The first-order valence-electron chi connectivity index (χ1n) is 7.65. The lowest BCUT2D eigenvalue weighted by molar-refractivity contribution is 0.687. The second kappa shape index (κ2) is 5.47. The molecule has 0 saturated carbocycles. The van der Waals surface area contributed by atoms with Crippen molar-refractivity contribution in [1.82, 2.24) is 19.8 Å². The Balaban J connectivity index is 2.13. The van der Waals surface area contributed by atoms with E-state index in [-0.39, 0.29) is 0 Å². The Morgan fingerprint density at radius 1 is 1.17 bits per heavy atom. The summed E-state index contributed by atoms with van der Waals surface area (Å²) in [6, 6.07) is 12.5. The van der Waals surface area contributed by atoms with Gasteiger partial charge in [-0.15, -0.1) is 10.2 Å². The summed E-state index contributed by atoms with van der Waals surface area (Å²) >= 11 is 0. The van der Waals surface area contributed by atoms with Crippen molar-refractivity contribution in [2.24, 2.45) is 0 Å². The molecule has 1 aromatic carbocycles. The zero-order chi connectivity index (χ0) is 16.6. The van der Waals surface area contributed by atoms with Crippen molar-refractivity contribution < 1.29 is 0 Å². The molecular formula is C18H19N5. The molecule has 5 heteroatoms. The summed E-state index contributed by atoms with van der Waals surface area (Å²) < 4.78 is 1.72. The average molecular weight is 305 g/mol. The molecule has 0 unspecified atom stereocenters. The Morgan fingerprint density at radius 2 is 1.87 bits per heavy atom. The van der Waals surface area contributed by atoms with Crippen molar-refractivity contribution in [3.63, 3.8) is 0 Å². The maximum atomic E-state index is 9.26. The van der Waals surface area contributed by atoms with E-state index in [0.717, 1.165) is 28.0 Å². The van der Waals surface area contributed by atoms with Crippen molar-refractivity contribution in [2.45, 2.75) is 39.0 Å². The number of hydrogen-bond donors (Lipinski definition) is 0. The topological polar surface area (TPSA) is 66.9 Å². The molecule has 2 aromatic heterocycles. The third-order valence-electron chi connectivity index (χ3n) is 4.08. The number of aromatic nitrogens is 4. The molecule has 0 fully saturated rings. The molecule has 0 radical (unpaired) electrons. The monoisotopic (exact) mass is 305 g/mol. The van der Waals surface area contributed by atoms with Gasteiger partial charge in [-0.25, -0.2) is 0 Å². The molecule has 0 aliphatic heterocycles. The number of benzene rings is 1. The van der Waals surface area contributed by atoms with Gasteiger partial charge in [0.05, 0.1) is 17.2 Å². The van der Waals surface area contributed by atoms with Crippen LogP contribution in [-0.4, -0.2) is 19.8 Å². The van der Waals surface area contributed by atoms with E-state index in [4.69, 9.17) is 0 Å². The summed E-state index contributed by atoms with van der Waals surface area (Å²) in [6.45, 7) is 8.06. The van der Waals surface area contributed by atoms with Gasteiger partial charge < -0.3 is 0 Å². The summed E-state index contributed by atoms with van der Waals surface area (Å²) in [5.41, 5.74) is 4.28. The highest BCUT2D eigenvalue weighted by molar-refractivity contribution is 5.77. The average Bonchev–Trinajstić information content (AvgIpc) is 3.02. The van der Waals surface area contributed by atoms with Crippen LogP contribution in [0.2, 0.25) is 0 Å². The Labute approximate surface area is 135 Å². The summed E-state index contributed by atoms with van der Waals surface area (Å²) in [7, 11) is 0. The van der Waals surface area contributed by atoms with E-state index >= 15 is 0 Å². The van der Waals surface area contributed by atoms with Gasteiger partial charge in [-0.1, -0.05) is 38.1 Å². The fourth-order valence-corrected chi connectivity index (χ4v) is 2.47. The van der Waals surface area contributed by atoms with E-state index < -0.39 is 5.41 Å². The lowest BCUT2D eigenvalue weighted by Crippen LogP contribution is -2.13. The van der Waals surface area contributed by atoms with Crippen LogP contribution >= 0.6 is 0 Å². The van der Waals surface area contributed by atoms with Crippen molar-refractivity contribution >= 4 is 5.65 Å². The minimum Gasteiger partial charge on any atom is -0.200 e. The van der Waals surface area contributed by atoms with E-state index in [1.165, 1.54) is 0 Å². The van der Waals surface area contributed by atoms with E-state index in [1.54, 1.807) is 10.8 Å². The smallest absolute Gasteiger partial charge is 0.185 e. The Morgan fingerprint density at radius 3 is 2.48 bits per heavy atom. The van der Waals surface area contributed by atoms with Gasteiger partial charge in [0.2, 0.25) is 0 Å². The fourth-order valence-electron chi connectivity index (χ4n) is 2.47. The second-order valence-electron chi connectivity index (χ2n) is 6.55. The van der Waals surface area contributed by atoms with Crippen LogP contribution in [0.1, 0.15) is 44.9 Å². The first-order valence-corrected chi connectivity index (χ1v) is 7.65. The van der Waals surface area contributed by atoms with Crippen LogP contribution in [0.25, 0.3) is 16.8 Å². The lowest BCUT2D eigenvalue weighted by Gasteiger charge is -2.16. The van der Waals surface area contributed by atoms with Crippen LogP contribution in [0.4, 0.5) is 0 Å². The highest BCUT2D eigenvalue weighted by Crippen LogP contribution is 2.29. The summed E-state index contributed by atoms with van der Waals surface area (Å²) in [5.74, 6) is 0.317. The lowest BCUT2D eigenvalue weighted by atomic mass is 9.85. The van der Waals surface area contributed by atoms with E-state index in [9.17, 15) is 5.26 Å². The molecule has 3 rings (SSSR count). The quantitative estimate of drug-likeness (QED) is 0.739. The molecule has 0 bridgehead atoms. The van der Waals surface area contributed by atoms with Crippen molar-refractivity contribution in [2.75, 3.05) is 0 Å². The molecule has 5 nitrogen and oxygen atoms in total. The van der Waals surface area contributed by atoms with Crippen LogP contribution in [0.3, 0.4) is 0 Å². The van der Waals surface area contributed by atoms with E-state index in [1.807, 2.05) is 38.1 Å². The number of rotatable bonds is 3. The zero-order valence-electron chi connectivity index (χ0n) is 13.8. The third kappa shape index (κ3) is 2.68. The molecule has 116 valence electrons. The highest BCUT2D eigenvalue weighted by Gasteiger charge is 2.20. The maximum absolute atomic E-state index is 9.26. The van der Waals surface area contributed by atoms with Crippen molar-refractivity contribution in [3.8, 4) is 17.2 Å². The van der Waals surface area contributed by atoms with Crippen LogP contribution < -0.4 is 0 Å². The molecule has 23 heavy (non-hydrogen) atoms. The number of fused-ring (bicyclic) bond motifs is 1. The van der Waals surface area contributed by atoms with Crippen LogP contribution in [-0.2, 0) is 5.41 Å². The summed E-state index contributed by atoms with van der Waals surface area (Å²) in [4.78, 5) is 0. The predicted molar refractivity (Wildman–Crippen MR) is 88.9 cm³/mol. The minimum atomic E-state index is -0.496. The first-order chi connectivity index (χ1) is 10.9. The largest absolute Gasteiger partial charge is 0.200 e. The van der Waals surface area contributed by atoms with Gasteiger partial charge in [0, 0.05) is 5.56 Å². The van der Waals surface area contributed by atoms with Crippen molar-refractivity contribution in [1.29, 1.82) is 5.26 Å². The highest BCUT2D eigenvalue weighted by atomic mass is 15.3. The Bertz CT molecular complexity index is 882. The van der Waals surface area contributed by atoms with Gasteiger partial charge in [0.1, 0.15) is 6.33 Å². The normalized spacial score (nSPS) is 11.8. The van der Waals surface area contributed by atoms with E-state index in [0.29, 0.717) is 5.92 Å². The summed E-state index contributed by atoms with van der Waals surface area (Å²) in [5, 5.41) is 22.0. The van der Waals surface area contributed by atoms with Crippen LogP contribution in [0.5, 0.6) is 0 Å². The molecule has 0 spiro atoms. The molecule has 0 amide bonds. The maximum Gasteiger partial charge on any atom is 0.185 e. The molecule has 0 aliphatic carbocycles. The van der Waals surface area contributed by atoms with Gasteiger partial charge in [-0.05, 0) is 37.0 Å². The molecular weight excluding hydrogens is 286 g/mol. The van der Waals surface area contributed by atoms with E-state index in [2.05, 4.69) is 41.3 Å². The van der Waals surface area contributed by atoms with Crippen molar-refractivity contribution in [3.05, 3.63) is 47.9 Å². The summed E-state index contributed by atoms with van der Waals surface area (Å²) in [6.07, 6.45) is 1.62. The van der Waals surface area contributed by atoms with Gasteiger partial charge in [0.25, 0.3) is 0 Å². The predicted octanol–water partition coefficient (Wildman–Crippen LogP) is 3.72. The second-order valence-corrected chi connectivity index (χ2v) is 6.55. The standard InChI is InChI=1S/C18H19N5/c1-12(2)16-9-15(17-21-20-11-23(17)22-16)13-5-7-14(8-6-13)18(3,4)10-19/h5-9,11-12H,1-4H3. The molecule has 3 aromatic rings. The van der Waals surface area contributed by atoms with Gasteiger partial charge in [-0.3, -0.25) is 0 Å². The van der Waals surface area contributed by atoms with Gasteiger partial charge >= 0.3 is 0 Å². The fraction of sp³-hybridized carbons (Fsp3) is 0.333.